The molecular weight excluding hydrogens is 244 g/mol. The number of hydrogen-bond donors (Lipinski definition) is 1. The molecule has 0 amide bonds. The van der Waals surface area contributed by atoms with Gasteiger partial charge in [-0.05, 0) is 49.1 Å². The molecule has 1 heteroatoms. The fourth-order valence-electron chi connectivity index (χ4n) is 3.99. The summed E-state index contributed by atoms with van der Waals surface area (Å²) in [5.74, 6) is 0.392. The van der Waals surface area contributed by atoms with E-state index in [9.17, 15) is 5.11 Å². The van der Waals surface area contributed by atoms with Gasteiger partial charge in [0.15, 0.2) is 0 Å². The summed E-state index contributed by atoms with van der Waals surface area (Å²) >= 11 is 0. The third-order valence-corrected chi connectivity index (χ3v) is 5.05. The van der Waals surface area contributed by atoms with Crippen LogP contribution in [0.15, 0.2) is 18.2 Å². The molecule has 0 bridgehead atoms. The number of benzene rings is 1. The van der Waals surface area contributed by atoms with E-state index in [2.05, 4.69) is 52.8 Å². The van der Waals surface area contributed by atoms with E-state index in [4.69, 9.17) is 0 Å². The third kappa shape index (κ3) is 3.25. The van der Waals surface area contributed by atoms with Crippen LogP contribution < -0.4 is 0 Å². The molecule has 0 aromatic heterocycles. The second-order valence-electron chi connectivity index (χ2n) is 7.87. The molecule has 1 aromatic carbocycles. The van der Waals surface area contributed by atoms with Gasteiger partial charge in [-0.25, -0.2) is 0 Å². The molecule has 1 aromatic rings. The normalized spacial score (nSPS) is 27.6. The van der Waals surface area contributed by atoms with E-state index in [0.717, 1.165) is 25.7 Å². The molecule has 0 aliphatic heterocycles. The first-order valence-electron chi connectivity index (χ1n) is 8.01. The molecule has 2 atom stereocenters. The van der Waals surface area contributed by atoms with Gasteiger partial charge in [-0.3, -0.25) is 0 Å². The molecule has 2 rings (SSSR count). The van der Waals surface area contributed by atoms with Crippen molar-refractivity contribution in [3.63, 3.8) is 0 Å². The predicted octanol–water partition coefficient (Wildman–Crippen LogP) is 4.81. The van der Waals surface area contributed by atoms with Crippen LogP contribution in [0.5, 0.6) is 0 Å². The number of aliphatic hydroxyl groups is 1. The molecule has 20 heavy (non-hydrogen) atoms. The quantitative estimate of drug-likeness (QED) is 0.820. The Morgan fingerprint density at radius 3 is 2.55 bits per heavy atom. The van der Waals surface area contributed by atoms with Gasteiger partial charge in [0.2, 0.25) is 0 Å². The molecule has 1 N–H and O–H groups in total. The first-order valence-corrected chi connectivity index (χ1v) is 8.01. The summed E-state index contributed by atoms with van der Waals surface area (Å²) in [7, 11) is 0. The molecule has 1 aliphatic rings. The summed E-state index contributed by atoms with van der Waals surface area (Å²) in [5, 5.41) is 11.3. The Kier molecular flexibility index (Phi) is 4.30. The van der Waals surface area contributed by atoms with Crippen LogP contribution in [0, 0.1) is 25.2 Å². The summed E-state index contributed by atoms with van der Waals surface area (Å²) in [5.41, 5.74) is 3.56. The van der Waals surface area contributed by atoms with E-state index in [1.54, 1.807) is 0 Å². The lowest BCUT2D eigenvalue weighted by atomic mass is 9.62. The van der Waals surface area contributed by atoms with Crippen LogP contribution in [0.1, 0.15) is 63.1 Å². The summed E-state index contributed by atoms with van der Waals surface area (Å²) < 4.78 is 0. The van der Waals surface area contributed by atoms with Gasteiger partial charge in [0.05, 0.1) is 5.60 Å². The maximum Gasteiger partial charge on any atom is 0.0721 e. The number of aryl methyl sites for hydroxylation is 2. The van der Waals surface area contributed by atoms with E-state index in [1.165, 1.54) is 23.1 Å². The average Bonchev–Trinajstić information content (AvgIpc) is 2.32. The van der Waals surface area contributed by atoms with Crippen molar-refractivity contribution in [1.29, 1.82) is 0 Å². The van der Waals surface area contributed by atoms with Gasteiger partial charge in [0.25, 0.3) is 0 Å². The fourth-order valence-corrected chi connectivity index (χ4v) is 3.99. The highest BCUT2D eigenvalue weighted by Gasteiger charge is 2.44. The monoisotopic (exact) mass is 274 g/mol. The van der Waals surface area contributed by atoms with Crippen LogP contribution in [0.4, 0.5) is 0 Å². The Morgan fingerprint density at radius 2 is 1.90 bits per heavy atom. The second kappa shape index (κ2) is 5.52. The Morgan fingerprint density at radius 1 is 1.20 bits per heavy atom. The molecule has 112 valence electrons. The van der Waals surface area contributed by atoms with Crippen molar-refractivity contribution in [2.75, 3.05) is 0 Å². The summed E-state index contributed by atoms with van der Waals surface area (Å²) in [4.78, 5) is 0. The highest BCUT2D eigenvalue weighted by molar-refractivity contribution is 5.32. The topological polar surface area (TPSA) is 20.2 Å². The van der Waals surface area contributed by atoms with Crippen LogP contribution in [0.3, 0.4) is 0 Å². The minimum absolute atomic E-state index is 0.174. The first kappa shape index (κ1) is 15.6. The van der Waals surface area contributed by atoms with Crippen LogP contribution in [0.25, 0.3) is 0 Å². The lowest BCUT2D eigenvalue weighted by molar-refractivity contribution is -0.0890. The molecule has 0 saturated heterocycles. The average molecular weight is 274 g/mol. The molecule has 1 nitrogen and oxygen atoms in total. The van der Waals surface area contributed by atoms with Gasteiger partial charge in [0.1, 0.15) is 0 Å². The maximum atomic E-state index is 11.3. The van der Waals surface area contributed by atoms with Crippen LogP contribution in [-0.2, 0) is 6.42 Å². The van der Waals surface area contributed by atoms with Gasteiger partial charge < -0.3 is 5.11 Å². The highest BCUT2D eigenvalue weighted by atomic mass is 16.3. The van der Waals surface area contributed by atoms with Crippen molar-refractivity contribution in [2.45, 2.75) is 72.3 Å². The van der Waals surface area contributed by atoms with Crippen molar-refractivity contribution in [1.82, 2.24) is 0 Å². The lowest BCUT2D eigenvalue weighted by Gasteiger charge is -2.47. The Hall–Kier alpha value is -0.820. The van der Waals surface area contributed by atoms with Gasteiger partial charge in [-0.2, -0.15) is 0 Å². The van der Waals surface area contributed by atoms with Gasteiger partial charge in [-0.15, -0.1) is 0 Å². The molecule has 0 heterocycles. The van der Waals surface area contributed by atoms with Crippen molar-refractivity contribution in [3.8, 4) is 0 Å². The molecular formula is C19H30O. The SMILES string of the molecule is Cc1ccc(C)c(CC2(O)CCCCC2C(C)(C)C)c1. The Balaban J connectivity index is 2.30. The van der Waals surface area contributed by atoms with E-state index in [1.807, 2.05) is 0 Å². The minimum atomic E-state index is -0.533. The predicted molar refractivity (Wildman–Crippen MR) is 86.0 cm³/mol. The van der Waals surface area contributed by atoms with E-state index in [0.29, 0.717) is 5.92 Å². The summed E-state index contributed by atoms with van der Waals surface area (Å²) in [6.45, 7) is 11.1. The van der Waals surface area contributed by atoms with E-state index >= 15 is 0 Å². The first-order chi connectivity index (χ1) is 9.22. The number of rotatable bonds is 2. The third-order valence-electron chi connectivity index (χ3n) is 5.05. The van der Waals surface area contributed by atoms with E-state index in [-0.39, 0.29) is 5.41 Å². The van der Waals surface area contributed by atoms with Gasteiger partial charge >= 0.3 is 0 Å². The zero-order chi connectivity index (χ0) is 15.0. The number of hydrogen-bond acceptors (Lipinski definition) is 1. The van der Waals surface area contributed by atoms with Crippen LogP contribution in [-0.4, -0.2) is 10.7 Å². The van der Waals surface area contributed by atoms with Crippen molar-refractivity contribution >= 4 is 0 Å². The Labute approximate surface area is 124 Å². The summed E-state index contributed by atoms with van der Waals surface area (Å²) in [6, 6.07) is 6.59. The molecule has 1 saturated carbocycles. The highest BCUT2D eigenvalue weighted by Crippen LogP contribution is 2.46. The standard InChI is InChI=1S/C19H30O/c1-14-9-10-15(2)16(12-14)13-19(20)11-7-6-8-17(19)18(3,4)5/h9-10,12,17,20H,6-8,11,13H2,1-5H3. The summed E-state index contributed by atoms with van der Waals surface area (Å²) in [6.07, 6.45) is 5.33. The maximum absolute atomic E-state index is 11.3. The Bertz CT molecular complexity index is 469. The van der Waals surface area contributed by atoms with Crippen molar-refractivity contribution in [2.24, 2.45) is 11.3 Å². The van der Waals surface area contributed by atoms with E-state index < -0.39 is 5.60 Å². The van der Waals surface area contributed by atoms with Gasteiger partial charge in [-0.1, -0.05) is 57.4 Å². The van der Waals surface area contributed by atoms with Crippen molar-refractivity contribution in [3.05, 3.63) is 34.9 Å². The fraction of sp³-hybridized carbons (Fsp3) is 0.684. The van der Waals surface area contributed by atoms with Crippen LogP contribution >= 0.6 is 0 Å². The van der Waals surface area contributed by atoms with Crippen LogP contribution in [0.2, 0.25) is 0 Å². The second-order valence-corrected chi connectivity index (χ2v) is 7.87. The largest absolute Gasteiger partial charge is 0.389 e. The zero-order valence-electron chi connectivity index (χ0n) is 13.8. The molecule has 0 spiro atoms. The zero-order valence-corrected chi connectivity index (χ0v) is 13.8. The lowest BCUT2D eigenvalue weighted by Crippen LogP contribution is -2.48. The minimum Gasteiger partial charge on any atom is -0.389 e. The molecule has 1 fully saturated rings. The van der Waals surface area contributed by atoms with Gasteiger partial charge in [0, 0.05) is 6.42 Å². The van der Waals surface area contributed by atoms with Crippen molar-refractivity contribution < 1.29 is 5.11 Å². The molecule has 1 aliphatic carbocycles. The smallest absolute Gasteiger partial charge is 0.0721 e. The molecule has 0 radical (unpaired) electrons. The molecule has 2 unspecified atom stereocenters.